The van der Waals surface area contributed by atoms with E-state index in [4.69, 9.17) is 11.6 Å². The number of carbonyl (C=O) groups is 1. The number of carbonyl (C=O) groups excluding carboxylic acids is 1. The zero-order valence-electron chi connectivity index (χ0n) is 12.0. The number of hydrogen-bond donors (Lipinski definition) is 2. The molecule has 112 valence electrons. The van der Waals surface area contributed by atoms with Crippen LogP contribution in [-0.2, 0) is 0 Å². The summed E-state index contributed by atoms with van der Waals surface area (Å²) >= 11 is 5.75. The average Bonchev–Trinajstić information content (AvgIpc) is 3.07. The van der Waals surface area contributed by atoms with Gasteiger partial charge in [-0.3, -0.25) is 4.79 Å². The fraction of sp³-hybridized carbons (Fsp3) is 0.500. The van der Waals surface area contributed by atoms with Crippen LogP contribution in [0.3, 0.4) is 0 Å². The molecule has 2 aliphatic rings. The van der Waals surface area contributed by atoms with Crippen LogP contribution in [0.4, 0.5) is 0 Å². The first kappa shape index (κ1) is 14.4. The molecule has 3 atom stereocenters. The Morgan fingerprint density at radius 1 is 1.38 bits per heavy atom. The van der Waals surface area contributed by atoms with Gasteiger partial charge in [0.1, 0.15) is 5.75 Å². The number of halogens is 1. The highest BCUT2D eigenvalue weighted by molar-refractivity contribution is 6.30. The van der Waals surface area contributed by atoms with Crippen molar-refractivity contribution in [1.82, 2.24) is 5.43 Å². The van der Waals surface area contributed by atoms with Crippen LogP contribution < -0.4 is 5.43 Å². The average molecular weight is 307 g/mol. The zero-order valence-corrected chi connectivity index (χ0v) is 12.7. The molecule has 2 N–H and O–H groups in total. The normalized spacial score (nSPS) is 27.9. The fourth-order valence-corrected chi connectivity index (χ4v) is 3.90. The molecule has 0 saturated heterocycles. The lowest BCUT2D eigenvalue weighted by molar-refractivity contribution is 0.0952. The Hall–Kier alpha value is -1.55. The molecule has 2 saturated carbocycles. The topological polar surface area (TPSA) is 61.7 Å². The van der Waals surface area contributed by atoms with Crippen molar-refractivity contribution in [2.45, 2.75) is 32.6 Å². The van der Waals surface area contributed by atoms with Gasteiger partial charge in [0.2, 0.25) is 0 Å². The second-order valence-corrected chi connectivity index (χ2v) is 6.57. The van der Waals surface area contributed by atoms with Crippen LogP contribution in [0.2, 0.25) is 5.02 Å². The van der Waals surface area contributed by atoms with E-state index in [-0.39, 0.29) is 11.3 Å². The van der Waals surface area contributed by atoms with Crippen LogP contribution in [0.25, 0.3) is 0 Å². The molecular formula is C16H19ClN2O2. The van der Waals surface area contributed by atoms with Crippen LogP contribution in [0.15, 0.2) is 23.3 Å². The fourth-order valence-electron chi connectivity index (χ4n) is 3.74. The van der Waals surface area contributed by atoms with Gasteiger partial charge in [0, 0.05) is 16.7 Å². The first-order chi connectivity index (χ1) is 10.0. The van der Waals surface area contributed by atoms with E-state index in [9.17, 15) is 9.90 Å². The molecule has 0 spiro atoms. The molecule has 4 nitrogen and oxygen atoms in total. The van der Waals surface area contributed by atoms with Crippen molar-refractivity contribution in [3.05, 3.63) is 28.8 Å². The molecule has 3 rings (SSSR count). The van der Waals surface area contributed by atoms with Gasteiger partial charge in [-0.15, -0.1) is 0 Å². The summed E-state index contributed by atoms with van der Waals surface area (Å²) in [6.45, 7) is 1.98. The number of fused-ring (bicyclic) bond motifs is 2. The molecule has 1 aromatic carbocycles. The number of phenols is 1. The van der Waals surface area contributed by atoms with Gasteiger partial charge in [-0.1, -0.05) is 18.0 Å². The number of aromatic hydroxyl groups is 1. The van der Waals surface area contributed by atoms with Crippen LogP contribution >= 0.6 is 11.6 Å². The Balaban J connectivity index is 1.66. The third-order valence-electron chi connectivity index (χ3n) is 4.81. The zero-order chi connectivity index (χ0) is 15.0. The van der Waals surface area contributed by atoms with Crippen molar-refractivity contribution >= 4 is 23.2 Å². The Bertz CT molecular complexity index is 600. The molecule has 0 heterocycles. The molecule has 5 heteroatoms. The standard InChI is InChI=1S/C16H19ClN2O2/c1-9(14-7-10-2-3-11(14)6-10)18-19-16(21)13-5-4-12(17)8-15(13)20/h4-5,8,10-11,14,20H,2-3,6-7H2,1H3,(H,19,21)/b18-9-/t10-,11+,14-/m0/s1. The van der Waals surface area contributed by atoms with Gasteiger partial charge in [-0.2, -0.15) is 5.10 Å². The number of benzene rings is 1. The highest BCUT2D eigenvalue weighted by atomic mass is 35.5. The summed E-state index contributed by atoms with van der Waals surface area (Å²) in [4.78, 5) is 12.0. The van der Waals surface area contributed by atoms with Crippen LogP contribution in [-0.4, -0.2) is 16.7 Å². The Kier molecular flexibility index (Phi) is 3.89. The van der Waals surface area contributed by atoms with E-state index in [0.29, 0.717) is 10.9 Å². The SMILES string of the molecule is C/C(=N/NC(=O)c1ccc(Cl)cc1O)[C@@H]1C[C@H]2CC[C@@H]1C2. The largest absolute Gasteiger partial charge is 0.507 e. The number of hydrogen-bond acceptors (Lipinski definition) is 3. The number of nitrogens with one attached hydrogen (secondary N) is 1. The number of hydrazone groups is 1. The molecule has 0 aliphatic heterocycles. The maximum atomic E-state index is 12.0. The molecule has 21 heavy (non-hydrogen) atoms. The van der Waals surface area contributed by atoms with E-state index in [0.717, 1.165) is 17.5 Å². The summed E-state index contributed by atoms with van der Waals surface area (Å²) in [5, 5.41) is 14.4. The second-order valence-electron chi connectivity index (χ2n) is 6.14. The summed E-state index contributed by atoms with van der Waals surface area (Å²) in [6.07, 6.45) is 5.14. The van der Waals surface area contributed by atoms with Crippen molar-refractivity contribution in [1.29, 1.82) is 0 Å². The Labute approximate surface area is 129 Å². The van der Waals surface area contributed by atoms with E-state index in [1.165, 1.54) is 37.8 Å². The van der Waals surface area contributed by atoms with Crippen LogP contribution in [0, 0.1) is 17.8 Å². The molecule has 2 aliphatic carbocycles. The maximum absolute atomic E-state index is 12.0. The summed E-state index contributed by atoms with van der Waals surface area (Å²) in [7, 11) is 0. The van der Waals surface area contributed by atoms with Crippen molar-refractivity contribution in [2.75, 3.05) is 0 Å². The minimum atomic E-state index is -0.410. The van der Waals surface area contributed by atoms with E-state index in [1.54, 1.807) is 6.07 Å². The molecule has 2 bridgehead atoms. The number of nitrogens with zero attached hydrogens (tertiary/aromatic N) is 1. The highest BCUT2D eigenvalue weighted by Crippen LogP contribution is 2.48. The summed E-state index contributed by atoms with van der Waals surface area (Å²) < 4.78 is 0. The lowest BCUT2D eigenvalue weighted by Crippen LogP contribution is -2.24. The molecule has 0 unspecified atom stereocenters. The molecule has 0 aromatic heterocycles. The number of phenolic OH excluding ortho intramolecular Hbond substituents is 1. The van der Waals surface area contributed by atoms with Gasteiger partial charge < -0.3 is 5.11 Å². The lowest BCUT2D eigenvalue weighted by atomic mass is 9.86. The van der Waals surface area contributed by atoms with E-state index < -0.39 is 5.91 Å². The number of rotatable bonds is 3. The summed E-state index contributed by atoms with van der Waals surface area (Å²) in [5.74, 6) is 1.54. The number of amides is 1. The molecule has 2 fully saturated rings. The quantitative estimate of drug-likeness (QED) is 0.662. The Morgan fingerprint density at radius 2 is 2.19 bits per heavy atom. The van der Waals surface area contributed by atoms with Gasteiger partial charge in [0.05, 0.1) is 5.56 Å². The molecule has 1 aromatic rings. The third-order valence-corrected chi connectivity index (χ3v) is 5.05. The van der Waals surface area contributed by atoms with Crippen molar-refractivity contribution in [3.8, 4) is 5.75 Å². The van der Waals surface area contributed by atoms with Crippen LogP contribution in [0.5, 0.6) is 5.75 Å². The van der Waals surface area contributed by atoms with Crippen LogP contribution in [0.1, 0.15) is 43.0 Å². The molecular weight excluding hydrogens is 288 g/mol. The minimum Gasteiger partial charge on any atom is -0.507 e. The van der Waals surface area contributed by atoms with Crippen molar-refractivity contribution in [3.63, 3.8) is 0 Å². The van der Waals surface area contributed by atoms with Gasteiger partial charge in [-0.25, -0.2) is 5.43 Å². The Morgan fingerprint density at radius 3 is 2.81 bits per heavy atom. The molecule has 1 amide bonds. The van der Waals surface area contributed by atoms with Gasteiger partial charge in [-0.05, 0) is 56.2 Å². The predicted octanol–water partition coefficient (Wildman–Crippen LogP) is 3.59. The van der Waals surface area contributed by atoms with Gasteiger partial charge in [0.15, 0.2) is 0 Å². The summed E-state index contributed by atoms with van der Waals surface area (Å²) in [6, 6.07) is 4.42. The van der Waals surface area contributed by atoms with Crippen molar-refractivity contribution < 1.29 is 9.90 Å². The van der Waals surface area contributed by atoms with Gasteiger partial charge >= 0.3 is 0 Å². The first-order valence-corrected chi connectivity index (χ1v) is 7.75. The molecule has 0 radical (unpaired) electrons. The second kappa shape index (κ2) is 5.68. The third kappa shape index (κ3) is 2.91. The smallest absolute Gasteiger partial charge is 0.275 e. The van der Waals surface area contributed by atoms with Gasteiger partial charge in [0.25, 0.3) is 5.91 Å². The first-order valence-electron chi connectivity index (χ1n) is 7.37. The van der Waals surface area contributed by atoms with E-state index in [2.05, 4.69) is 10.5 Å². The van der Waals surface area contributed by atoms with E-state index in [1.807, 2.05) is 6.92 Å². The predicted molar refractivity (Wildman–Crippen MR) is 82.6 cm³/mol. The lowest BCUT2D eigenvalue weighted by Gasteiger charge is -2.21. The van der Waals surface area contributed by atoms with Crippen molar-refractivity contribution in [2.24, 2.45) is 22.9 Å². The van der Waals surface area contributed by atoms with E-state index >= 15 is 0 Å². The minimum absolute atomic E-state index is 0.132. The summed E-state index contributed by atoms with van der Waals surface area (Å²) in [5.41, 5.74) is 3.72. The monoisotopic (exact) mass is 306 g/mol. The maximum Gasteiger partial charge on any atom is 0.275 e. The highest BCUT2D eigenvalue weighted by Gasteiger charge is 2.40.